The second-order valence-corrected chi connectivity index (χ2v) is 8.38. The highest BCUT2D eigenvalue weighted by atomic mass is 19.4. The molecule has 0 saturated carbocycles. The van der Waals surface area contributed by atoms with Crippen molar-refractivity contribution in [2.75, 3.05) is 24.6 Å². The van der Waals surface area contributed by atoms with Crippen LogP contribution in [0.5, 0.6) is 0 Å². The molecule has 3 aromatic rings. The summed E-state index contributed by atoms with van der Waals surface area (Å²) in [5.74, 6) is 0.459. The van der Waals surface area contributed by atoms with Crippen LogP contribution in [0.3, 0.4) is 0 Å². The number of morpholine rings is 1. The van der Waals surface area contributed by atoms with Gasteiger partial charge in [0.2, 0.25) is 0 Å². The number of hydrogen-bond acceptors (Lipinski definition) is 2. The molecule has 0 aliphatic carbocycles. The van der Waals surface area contributed by atoms with E-state index in [1.807, 2.05) is 0 Å². The van der Waals surface area contributed by atoms with Gasteiger partial charge < -0.3 is 9.64 Å². The number of nitrogens with zero attached hydrogens (tertiary/aromatic N) is 1. The van der Waals surface area contributed by atoms with Crippen LogP contribution in [0.25, 0.3) is 10.8 Å². The molecule has 0 N–H and O–H groups in total. The SMILES string of the molecule is C[C@@H](CCCC1CN(c2ccc(C(F)(F)F)cc2)CCO1)c1cccc2ccccc12. The van der Waals surface area contributed by atoms with Gasteiger partial charge in [0.1, 0.15) is 0 Å². The fourth-order valence-electron chi connectivity index (χ4n) is 4.48. The zero-order chi connectivity index (χ0) is 21.8. The zero-order valence-corrected chi connectivity index (χ0v) is 17.7. The van der Waals surface area contributed by atoms with Gasteiger partial charge in [-0.15, -0.1) is 0 Å². The summed E-state index contributed by atoms with van der Waals surface area (Å²) >= 11 is 0. The van der Waals surface area contributed by atoms with Crippen LogP contribution < -0.4 is 4.90 Å². The molecule has 1 aliphatic rings. The number of fused-ring (bicyclic) bond motifs is 1. The van der Waals surface area contributed by atoms with E-state index in [1.165, 1.54) is 16.3 Å². The Morgan fingerprint density at radius 1 is 1.00 bits per heavy atom. The van der Waals surface area contributed by atoms with E-state index in [4.69, 9.17) is 4.74 Å². The highest BCUT2D eigenvalue weighted by Crippen LogP contribution is 2.32. The first-order valence-corrected chi connectivity index (χ1v) is 10.9. The summed E-state index contributed by atoms with van der Waals surface area (Å²) < 4.78 is 44.4. The summed E-state index contributed by atoms with van der Waals surface area (Å²) in [6.07, 6.45) is -1.11. The molecule has 1 saturated heterocycles. The molecule has 1 aliphatic heterocycles. The Bertz CT molecular complexity index is 994. The van der Waals surface area contributed by atoms with Gasteiger partial charge in [-0.3, -0.25) is 0 Å². The molecule has 0 spiro atoms. The van der Waals surface area contributed by atoms with Gasteiger partial charge in [-0.1, -0.05) is 55.8 Å². The van der Waals surface area contributed by atoms with Crippen LogP contribution in [0.4, 0.5) is 18.9 Å². The monoisotopic (exact) mass is 427 g/mol. The lowest BCUT2D eigenvalue weighted by Gasteiger charge is -2.35. The molecule has 31 heavy (non-hydrogen) atoms. The summed E-state index contributed by atoms with van der Waals surface area (Å²) in [5.41, 5.74) is 1.60. The quantitative estimate of drug-likeness (QED) is 0.418. The molecule has 2 nitrogen and oxygen atoms in total. The van der Waals surface area contributed by atoms with E-state index in [1.54, 1.807) is 12.1 Å². The van der Waals surface area contributed by atoms with Crippen LogP contribution in [0.1, 0.15) is 43.2 Å². The van der Waals surface area contributed by atoms with Gasteiger partial charge >= 0.3 is 6.18 Å². The fraction of sp³-hybridized carbons (Fsp3) is 0.385. The minimum atomic E-state index is -4.30. The molecule has 0 bridgehead atoms. The Morgan fingerprint density at radius 2 is 1.74 bits per heavy atom. The number of rotatable bonds is 6. The number of anilines is 1. The van der Waals surface area contributed by atoms with Crippen LogP contribution in [0, 0.1) is 0 Å². The summed E-state index contributed by atoms with van der Waals surface area (Å²) in [6, 6.07) is 20.4. The third-order valence-corrected chi connectivity index (χ3v) is 6.22. The third kappa shape index (κ3) is 5.21. The summed E-state index contributed by atoms with van der Waals surface area (Å²) in [4.78, 5) is 2.13. The van der Waals surface area contributed by atoms with Gasteiger partial charge in [0, 0.05) is 18.8 Å². The summed E-state index contributed by atoms with van der Waals surface area (Å²) in [6.45, 7) is 4.30. The second kappa shape index (κ2) is 9.31. The molecule has 0 aromatic heterocycles. The van der Waals surface area contributed by atoms with Crippen molar-refractivity contribution >= 4 is 16.5 Å². The van der Waals surface area contributed by atoms with Crippen molar-refractivity contribution in [3.8, 4) is 0 Å². The van der Waals surface area contributed by atoms with Gasteiger partial charge in [0.05, 0.1) is 18.3 Å². The average Bonchev–Trinajstić information content (AvgIpc) is 2.78. The van der Waals surface area contributed by atoms with E-state index in [2.05, 4.69) is 54.3 Å². The maximum Gasteiger partial charge on any atom is 0.416 e. The van der Waals surface area contributed by atoms with Crippen LogP contribution in [-0.4, -0.2) is 25.8 Å². The van der Waals surface area contributed by atoms with Crippen molar-refractivity contribution in [1.82, 2.24) is 0 Å². The van der Waals surface area contributed by atoms with Crippen molar-refractivity contribution in [3.63, 3.8) is 0 Å². The van der Waals surface area contributed by atoms with Gasteiger partial charge in [-0.05, 0) is 59.4 Å². The molecule has 2 atom stereocenters. The first-order valence-electron chi connectivity index (χ1n) is 10.9. The van der Waals surface area contributed by atoms with Gasteiger partial charge in [0.25, 0.3) is 0 Å². The predicted octanol–water partition coefficient (Wildman–Crippen LogP) is 7.04. The van der Waals surface area contributed by atoms with Crippen LogP contribution in [0.15, 0.2) is 66.7 Å². The highest BCUT2D eigenvalue weighted by Gasteiger charge is 2.30. The standard InChI is InChI=1S/C26H28F3NO/c1-19(24-11-5-8-20-7-2-3-10-25(20)24)6-4-9-23-18-30(16-17-31-23)22-14-12-21(13-15-22)26(27,28)29/h2-3,5,7-8,10-15,19,23H,4,6,9,16-18H2,1H3/t19-,23?/m0/s1. The van der Waals surface area contributed by atoms with Crippen molar-refractivity contribution in [3.05, 3.63) is 77.9 Å². The van der Waals surface area contributed by atoms with E-state index in [9.17, 15) is 13.2 Å². The van der Waals surface area contributed by atoms with E-state index >= 15 is 0 Å². The summed E-state index contributed by atoms with van der Waals surface area (Å²) in [7, 11) is 0. The van der Waals surface area contributed by atoms with Gasteiger partial charge in [0.15, 0.2) is 0 Å². The van der Waals surface area contributed by atoms with Crippen molar-refractivity contribution < 1.29 is 17.9 Å². The minimum absolute atomic E-state index is 0.107. The van der Waals surface area contributed by atoms with Crippen LogP contribution in [-0.2, 0) is 10.9 Å². The number of ether oxygens (including phenoxy) is 1. The fourth-order valence-corrected chi connectivity index (χ4v) is 4.48. The topological polar surface area (TPSA) is 12.5 Å². The lowest BCUT2D eigenvalue weighted by atomic mass is 9.90. The molecule has 1 fully saturated rings. The predicted molar refractivity (Wildman–Crippen MR) is 120 cm³/mol. The third-order valence-electron chi connectivity index (χ3n) is 6.22. The average molecular weight is 428 g/mol. The van der Waals surface area contributed by atoms with Gasteiger partial charge in [-0.2, -0.15) is 13.2 Å². The molecular weight excluding hydrogens is 399 g/mol. The zero-order valence-electron chi connectivity index (χ0n) is 17.7. The van der Waals surface area contributed by atoms with E-state index in [-0.39, 0.29) is 6.10 Å². The Kier molecular flexibility index (Phi) is 6.51. The smallest absolute Gasteiger partial charge is 0.375 e. The number of benzene rings is 3. The van der Waals surface area contributed by atoms with E-state index in [0.717, 1.165) is 37.1 Å². The number of alkyl halides is 3. The second-order valence-electron chi connectivity index (χ2n) is 8.38. The molecule has 1 heterocycles. The van der Waals surface area contributed by atoms with Crippen LogP contribution >= 0.6 is 0 Å². The molecule has 4 rings (SSSR count). The van der Waals surface area contributed by atoms with Crippen molar-refractivity contribution in [1.29, 1.82) is 0 Å². The molecule has 1 unspecified atom stereocenters. The van der Waals surface area contributed by atoms with Crippen molar-refractivity contribution in [2.45, 2.75) is 44.4 Å². The Hall–Kier alpha value is -2.53. The lowest BCUT2D eigenvalue weighted by molar-refractivity contribution is -0.137. The molecule has 0 amide bonds. The van der Waals surface area contributed by atoms with Gasteiger partial charge in [-0.25, -0.2) is 0 Å². The molecule has 0 radical (unpaired) electrons. The first kappa shape index (κ1) is 21.7. The number of hydrogen-bond donors (Lipinski definition) is 0. The highest BCUT2D eigenvalue weighted by molar-refractivity contribution is 5.86. The molecule has 164 valence electrons. The Labute approximate surface area is 181 Å². The lowest BCUT2D eigenvalue weighted by Crippen LogP contribution is -2.42. The van der Waals surface area contributed by atoms with E-state index < -0.39 is 11.7 Å². The molecule has 3 aromatic carbocycles. The summed E-state index contributed by atoms with van der Waals surface area (Å²) in [5, 5.41) is 2.59. The first-order chi connectivity index (χ1) is 14.9. The Balaban J connectivity index is 1.32. The normalized spacial score (nSPS) is 18.3. The maximum absolute atomic E-state index is 12.8. The maximum atomic E-state index is 12.8. The molecule has 5 heteroatoms. The largest absolute Gasteiger partial charge is 0.416 e. The van der Waals surface area contributed by atoms with Crippen molar-refractivity contribution in [2.24, 2.45) is 0 Å². The van der Waals surface area contributed by atoms with Crippen LogP contribution in [0.2, 0.25) is 0 Å². The number of halogens is 3. The Morgan fingerprint density at radius 3 is 2.52 bits per heavy atom. The van der Waals surface area contributed by atoms with E-state index in [0.29, 0.717) is 25.6 Å². The minimum Gasteiger partial charge on any atom is -0.375 e. The molecular formula is C26H28F3NO.